The summed E-state index contributed by atoms with van der Waals surface area (Å²) in [6.07, 6.45) is 0.647. The van der Waals surface area contributed by atoms with Gasteiger partial charge in [-0.25, -0.2) is 8.42 Å². The van der Waals surface area contributed by atoms with E-state index < -0.39 is 15.1 Å². The SMILES string of the molecule is O=S(=O)(CCl)C1CC2c3ccccc3C1c1ccccc12. The zero-order valence-corrected chi connectivity index (χ0v) is 12.9. The van der Waals surface area contributed by atoms with Gasteiger partial charge in [0.1, 0.15) is 5.21 Å². The Morgan fingerprint density at radius 2 is 1.38 bits per heavy atom. The molecule has 0 N–H and O–H groups in total. The normalized spacial score (nSPS) is 26.2. The van der Waals surface area contributed by atoms with Gasteiger partial charge in [0.25, 0.3) is 0 Å². The molecule has 0 radical (unpaired) electrons. The molecule has 2 nitrogen and oxygen atoms in total. The van der Waals surface area contributed by atoms with Crippen molar-refractivity contribution in [2.24, 2.45) is 0 Å². The van der Waals surface area contributed by atoms with Crippen LogP contribution in [-0.2, 0) is 9.84 Å². The van der Waals surface area contributed by atoms with Crippen LogP contribution in [0.5, 0.6) is 0 Å². The topological polar surface area (TPSA) is 34.1 Å². The molecular weight excluding hydrogens is 304 g/mol. The van der Waals surface area contributed by atoms with Crippen molar-refractivity contribution in [2.75, 3.05) is 5.21 Å². The maximum atomic E-state index is 12.4. The molecule has 2 aromatic carbocycles. The van der Waals surface area contributed by atoms with E-state index in [1.807, 2.05) is 24.3 Å². The lowest BCUT2D eigenvalue weighted by atomic mass is 9.63. The third kappa shape index (κ3) is 1.80. The van der Waals surface area contributed by atoms with Gasteiger partial charge in [0.05, 0.1) is 5.25 Å². The summed E-state index contributed by atoms with van der Waals surface area (Å²) in [4.78, 5) is 0. The fourth-order valence-electron chi connectivity index (χ4n) is 4.02. The monoisotopic (exact) mass is 318 g/mol. The first-order valence-corrected chi connectivity index (χ1v) is 9.33. The fourth-order valence-corrected chi connectivity index (χ4v) is 5.86. The van der Waals surface area contributed by atoms with Crippen LogP contribution in [-0.4, -0.2) is 18.9 Å². The molecule has 2 bridgehead atoms. The second-order valence-corrected chi connectivity index (χ2v) is 8.64. The van der Waals surface area contributed by atoms with Crippen molar-refractivity contribution in [1.82, 2.24) is 0 Å². The highest BCUT2D eigenvalue weighted by molar-refractivity contribution is 7.93. The molecule has 3 aliphatic carbocycles. The molecule has 5 rings (SSSR count). The Bertz CT molecular complexity index is 766. The molecule has 1 unspecified atom stereocenters. The number of rotatable bonds is 2. The number of benzene rings is 2. The fraction of sp³-hybridized carbons (Fsp3) is 0.294. The first kappa shape index (κ1) is 13.4. The average Bonchev–Trinajstić information content (AvgIpc) is 2.55. The quantitative estimate of drug-likeness (QED) is 0.792. The second kappa shape index (κ2) is 4.59. The minimum absolute atomic E-state index is 0.0776. The Kier molecular flexibility index (Phi) is 2.92. The van der Waals surface area contributed by atoms with E-state index in [0.29, 0.717) is 6.42 Å². The summed E-state index contributed by atoms with van der Waals surface area (Å²) in [5.41, 5.74) is 4.88. The number of halogens is 1. The molecule has 0 fully saturated rings. The van der Waals surface area contributed by atoms with E-state index in [0.717, 1.165) is 11.1 Å². The molecule has 0 aliphatic heterocycles. The molecule has 0 saturated carbocycles. The van der Waals surface area contributed by atoms with Crippen molar-refractivity contribution in [3.05, 3.63) is 70.8 Å². The van der Waals surface area contributed by atoms with Gasteiger partial charge in [0.2, 0.25) is 0 Å². The van der Waals surface area contributed by atoms with Gasteiger partial charge in [-0.2, -0.15) is 0 Å². The molecule has 0 spiro atoms. The van der Waals surface area contributed by atoms with Crippen LogP contribution in [0.2, 0.25) is 0 Å². The highest BCUT2D eigenvalue weighted by Gasteiger charge is 2.47. The smallest absolute Gasteiger partial charge is 0.167 e. The van der Waals surface area contributed by atoms with Crippen LogP contribution in [0.3, 0.4) is 0 Å². The number of alkyl halides is 1. The predicted molar refractivity (Wildman–Crippen MR) is 84.6 cm³/mol. The molecule has 2 aromatic rings. The van der Waals surface area contributed by atoms with Gasteiger partial charge >= 0.3 is 0 Å². The summed E-state index contributed by atoms with van der Waals surface area (Å²) in [5, 5.41) is -0.699. The summed E-state index contributed by atoms with van der Waals surface area (Å²) in [7, 11) is -3.27. The Labute approximate surface area is 129 Å². The van der Waals surface area contributed by atoms with Gasteiger partial charge < -0.3 is 0 Å². The highest BCUT2D eigenvalue weighted by Crippen LogP contribution is 2.54. The molecule has 1 atom stereocenters. The minimum atomic E-state index is -3.27. The predicted octanol–water partition coefficient (Wildman–Crippen LogP) is 3.65. The largest absolute Gasteiger partial charge is 0.227 e. The first-order chi connectivity index (χ1) is 10.1. The van der Waals surface area contributed by atoms with E-state index >= 15 is 0 Å². The standard InChI is InChI=1S/C17H15ClO2S/c18-10-21(19,20)16-9-15-11-5-1-3-7-13(11)17(16)14-8-4-2-6-12(14)15/h1-8,15-17H,9-10H2. The van der Waals surface area contributed by atoms with Crippen LogP contribution in [0.4, 0.5) is 0 Å². The average molecular weight is 319 g/mol. The third-order valence-electron chi connectivity index (χ3n) is 4.87. The van der Waals surface area contributed by atoms with Crippen molar-refractivity contribution >= 4 is 21.4 Å². The molecule has 3 aliphatic rings. The van der Waals surface area contributed by atoms with Crippen LogP contribution in [0.15, 0.2) is 48.5 Å². The molecule has 0 heterocycles. The van der Waals surface area contributed by atoms with Gasteiger partial charge in [0, 0.05) is 11.8 Å². The van der Waals surface area contributed by atoms with Crippen molar-refractivity contribution in [1.29, 1.82) is 0 Å². The molecule has 0 aromatic heterocycles. The Balaban J connectivity index is 1.99. The maximum Gasteiger partial charge on any atom is 0.167 e. The molecule has 0 saturated heterocycles. The van der Waals surface area contributed by atoms with Gasteiger partial charge in [-0.05, 0) is 28.7 Å². The van der Waals surface area contributed by atoms with Crippen LogP contribution in [0, 0.1) is 0 Å². The number of hydrogen-bond acceptors (Lipinski definition) is 2. The van der Waals surface area contributed by atoms with E-state index in [4.69, 9.17) is 11.6 Å². The van der Waals surface area contributed by atoms with Crippen molar-refractivity contribution < 1.29 is 8.42 Å². The van der Waals surface area contributed by atoms with Crippen molar-refractivity contribution in [2.45, 2.75) is 23.5 Å². The lowest BCUT2D eigenvalue weighted by Gasteiger charge is -2.44. The summed E-state index contributed by atoms with van der Waals surface area (Å²) in [6.45, 7) is 0. The Morgan fingerprint density at radius 3 is 1.86 bits per heavy atom. The summed E-state index contributed by atoms with van der Waals surface area (Å²) < 4.78 is 24.9. The molecular formula is C17H15ClO2S. The molecule has 0 amide bonds. The second-order valence-electron chi connectivity index (χ2n) is 5.83. The van der Waals surface area contributed by atoms with Gasteiger partial charge in [0.15, 0.2) is 9.84 Å². The molecule has 4 heteroatoms. The van der Waals surface area contributed by atoms with Crippen molar-refractivity contribution in [3.63, 3.8) is 0 Å². The lowest BCUT2D eigenvalue weighted by Crippen LogP contribution is -2.40. The minimum Gasteiger partial charge on any atom is -0.227 e. The van der Waals surface area contributed by atoms with E-state index in [1.54, 1.807) is 0 Å². The zero-order valence-electron chi connectivity index (χ0n) is 11.4. The van der Waals surface area contributed by atoms with Crippen LogP contribution in [0.1, 0.15) is 40.5 Å². The highest BCUT2D eigenvalue weighted by atomic mass is 35.5. The van der Waals surface area contributed by atoms with E-state index in [9.17, 15) is 8.42 Å². The molecule has 108 valence electrons. The summed E-state index contributed by atoms with van der Waals surface area (Å²) >= 11 is 5.73. The Hall–Kier alpha value is -1.32. The van der Waals surface area contributed by atoms with Crippen LogP contribution in [0.25, 0.3) is 0 Å². The maximum absolute atomic E-state index is 12.4. The first-order valence-electron chi connectivity index (χ1n) is 7.08. The van der Waals surface area contributed by atoms with Crippen molar-refractivity contribution in [3.8, 4) is 0 Å². The Morgan fingerprint density at radius 1 is 0.905 bits per heavy atom. The zero-order chi connectivity index (χ0) is 14.6. The van der Waals surface area contributed by atoms with Crippen LogP contribution < -0.4 is 0 Å². The number of sulfone groups is 1. The number of hydrogen-bond donors (Lipinski definition) is 0. The van der Waals surface area contributed by atoms with Crippen LogP contribution >= 0.6 is 11.6 Å². The lowest BCUT2D eigenvalue weighted by molar-refractivity contribution is 0.495. The number of fused-ring (bicyclic) bond motifs is 1. The van der Waals surface area contributed by atoms with Gasteiger partial charge in [-0.1, -0.05) is 48.5 Å². The summed E-state index contributed by atoms with van der Waals surface area (Å²) in [6, 6.07) is 16.5. The van der Waals surface area contributed by atoms with Gasteiger partial charge in [-0.15, -0.1) is 11.6 Å². The van der Waals surface area contributed by atoms with E-state index in [-0.39, 0.29) is 17.0 Å². The third-order valence-corrected chi connectivity index (χ3v) is 7.47. The van der Waals surface area contributed by atoms with E-state index in [1.165, 1.54) is 11.1 Å². The van der Waals surface area contributed by atoms with Gasteiger partial charge in [-0.3, -0.25) is 0 Å². The molecule has 21 heavy (non-hydrogen) atoms. The van der Waals surface area contributed by atoms with E-state index in [2.05, 4.69) is 24.3 Å². The summed E-state index contributed by atoms with van der Waals surface area (Å²) in [5.74, 6) is 0.0940.